The molecule has 19 heavy (non-hydrogen) atoms. The van der Waals surface area contributed by atoms with E-state index in [4.69, 9.17) is 10.5 Å². The number of rotatable bonds is 3. The van der Waals surface area contributed by atoms with Crippen LogP contribution in [0.15, 0.2) is 30.3 Å². The SMILES string of the molecule is Cc1cc(C)c(C)c(OCc2cc(F)ccc2N)c1. The lowest BCUT2D eigenvalue weighted by Crippen LogP contribution is -2.02. The van der Waals surface area contributed by atoms with Gasteiger partial charge in [-0.15, -0.1) is 0 Å². The molecule has 0 heterocycles. The van der Waals surface area contributed by atoms with Crippen LogP contribution in [-0.4, -0.2) is 0 Å². The second kappa shape index (κ2) is 5.31. The fraction of sp³-hybridized carbons (Fsp3) is 0.250. The van der Waals surface area contributed by atoms with Crippen LogP contribution < -0.4 is 10.5 Å². The number of hydrogen-bond acceptors (Lipinski definition) is 2. The number of nitrogen functional groups attached to an aromatic ring is 1. The van der Waals surface area contributed by atoms with Crippen LogP contribution in [-0.2, 0) is 6.61 Å². The Labute approximate surface area is 113 Å². The lowest BCUT2D eigenvalue weighted by Gasteiger charge is -2.13. The lowest BCUT2D eigenvalue weighted by molar-refractivity contribution is 0.303. The topological polar surface area (TPSA) is 35.2 Å². The molecule has 2 nitrogen and oxygen atoms in total. The molecular weight excluding hydrogens is 241 g/mol. The highest BCUT2D eigenvalue weighted by molar-refractivity contribution is 5.47. The highest BCUT2D eigenvalue weighted by Gasteiger charge is 2.06. The second-order valence-corrected chi connectivity index (χ2v) is 4.84. The van der Waals surface area contributed by atoms with Crippen molar-refractivity contribution in [3.8, 4) is 5.75 Å². The molecule has 0 spiro atoms. The molecule has 0 aromatic heterocycles. The first kappa shape index (κ1) is 13.4. The monoisotopic (exact) mass is 259 g/mol. The molecule has 2 aromatic carbocycles. The van der Waals surface area contributed by atoms with Crippen LogP contribution in [0.3, 0.4) is 0 Å². The van der Waals surface area contributed by atoms with E-state index in [0.717, 1.165) is 16.9 Å². The van der Waals surface area contributed by atoms with Gasteiger partial charge in [0.05, 0.1) is 0 Å². The van der Waals surface area contributed by atoms with Gasteiger partial charge in [0.25, 0.3) is 0 Å². The Morgan fingerprint density at radius 2 is 1.84 bits per heavy atom. The van der Waals surface area contributed by atoms with Crippen molar-refractivity contribution in [2.24, 2.45) is 0 Å². The first-order chi connectivity index (χ1) is 8.97. The number of nitrogens with two attached hydrogens (primary N) is 1. The van der Waals surface area contributed by atoms with Gasteiger partial charge in [-0.25, -0.2) is 4.39 Å². The maximum absolute atomic E-state index is 13.2. The Morgan fingerprint density at radius 3 is 2.58 bits per heavy atom. The van der Waals surface area contributed by atoms with Gasteiger partial charge in [0.15, 0.2) is 0 Å². The van der Waals surface area contributed by atoms with Crippen molar-refractivity contribution >= 4 is 5.69 Å². The van der Waals surface area contributed by atoms with Crippen molar-refractivity contribution < 1.29 is 9.13 Å². The van der Waals surface area contributed by atoms with Gasteiger partial charge >= 0.3 is 0 Å². The van der Waals surface area contributed by atoms with E-state index >= 15 is 0 Å². The van der Waals surface area contributed by atoms with Crippen LogP contribution in [0, 0.1) is 26.6 Å². The average molecular weight is 259 g/mol. The minimum atomic E-state index is -0.301. The summed E-state index contributed by atoms with van der Waals surface area (Å²) in [5, 5.41) is 0. The molecule has 0 saturated carbocycles. The Hall–Kier alpha value is -2.03. The third kappa shape index (κ3) is 3.05. The summed E-state index contributed by atoms with van der Waals surface area (Å²) in [6.45, 7) is 6.36. The largest absolute Gasteiger partial charge is 0.489 e. The van der Waals surface area contributed by atoms with E-state index in [2.05, 4.69) is 6.07 Å². The van der Waals surface area contributed by atoms with Gasteiger partial charge in [0.2, 0.25) is 0 Å². The van der Waals surface area contributed by atoms with Gasteiger partial charge in [-0.3, -0.25) is 0 Å². The van der Waals surface area contributed by atoms with Crippen molar-refractivity contribution in [1.29, 1.82) is 0 Å². The predicted molar refractivity (Wildman–Crippen MR) is 75.8 cm³/mol. The van der Waals surface area contributed by atoms with E-state index in [1.165, 1.54) is 17.7 Å². The zero-order chi connectivity index (χ0) is 14.0. The summed E-state index contributed by atoms with van der Waals surface area (Å²) >= 11 is 0. The van der Waals surface area contributed by atoms with Crippen LogP contribution in [0.1, 0.15) is 22.3 Å². The van der Waals surface area contributed by atoms with E-state index in [1.54, 1.807) is 6.07 Å². The number of aryl methyl sites for hydroxylation is 2. The molecule has 2 aromatic rings. The standard InChI is InChI=1S/C16H18FNO/c1-10-6-11(2)12(3)16(7-10)19-9-13-8-14(17)4-5-15(13)18/h4-8H,9,18H2,1-3H3. The third-order valence-electron chi connectivity index (χ3n) is 3.25. The second-order valence-electron chi connectivity index (χ2n) is 4.84. The van der Waals surface area contributed by atoms with Crippen LogP contribution in [0.5, 0.6) is 5.75 Å². The van der Waals surface area contributed by atoms with Gasteiger partial charge < -0.3 is 10.5 Å². The first-order valence-corrected chi connectivity index (χ1v) is 6.22. The number of hydrogen-bond donors (Lipinski definition) is 1. The zero-order valence-corrected chi connectivity index (χ0v) is 11.5. The summed E-state index contributed by atoms with van der Waals surface area (Å²) in [7, 11) is 0. The fourth-order valence-corrected chi connectivity index (χ4v) is 2.01. The molecule has 0 saturated heterocycles. The van der Waals surface area contributed by atoms with E-state index in [9.17, 15) is 4.39 Å². The van der Waals surface area contributed by atoms with E-state index in [0.29, 0.717) is 11.3 Å². The molecule has 0 atom stereocenters. The van der Waals surface area contributed by atoms with Gasteiger partial charge in [-0.05, 0) is 61.7 Å². The molecule has 2 rings (SSSR count). The average Bonchev–Trinajstić information content (AvgIpc) is 2.35. The van der Waals surface area contributed by atoms with Gasteiger partial charge in [-0.2, -0.15) is 0 Å². The number of anilines is 1. The summed E-state index contributed by atoms with van der Waals surface area (Å²) in [5.41, 5.74) is 10.4. The zero-order valence-electron chi connectivity index (χ0n) is 11.5. The molecule has 0 aliphatic rings. The Balaban J connectivity index is 2.21. The van der Waals surface area contributed by atoms with Crippen molar-refractivity contribution in [3.05, 3.63) is 58.4 Å². The van der Waals surface area contributed by atoms with Crippen LogP contribution in [0.25, 0.3) is 0 Å². The molecule has 0 aliphatic heterocycles. The first-order valence-electron chi connectivity index (χ1n) is 6.22. The highest BCUT2D eigenvalue weighted by Crippen LogP contribution is 2.25. The highest BCUT2D eigenvalue weighted by atomic mass is 19.1. The normalized spacial score (nSPS) is 10.5. The molecule has 2 N–H and O–H groups in total. The van der Waals surface area contributed by atoms with Crippen LogP contribution in [0.2, 0.25) is 0 Å². The maximum Gasteiger partial charge on any atom is 0.123 e. The van der Waals surface area contributed by atoms with Crippen molar-refractivity contribution in [2.75, 3.05) is 5.73 Å². The van der Waals surface area contributed by atoms with Gasteiger partial charge in [0, 0.05) is 11.3 Å². The van der Waals surface area contributed by atoms with Crippen molar-refractivity contribution in [1.82, 2.24) is 0 Å². The van der Waals surface area contributed by atoms with Crippen molar-refractivity contribution in [2.45, 2.75) is 27.4 Å². The van der Waals surface area contributed by atoms with Gasteiger partial charge in [-0.1, -0.05) is 6.07 Å². The molecule has 100 valence electrons. The summed E-state index contributed by atoms with van der Waals surface area (Å²) in [6, 6.07) is 8.41. The molecular formula is C16H18FNO. The number of halogens is 1. The molecule has 3 heteroatoms. The molecule has 0 radical (unpaired) electrons. The molecule has 0 amide bonds. The fourth-order valence-electron chi connectivity index (χ4n) is 2.01. The maximum atomic E-state index is 13.2. The van der Waals surface area contributed by atoms with Crippen LogP contribution >= 0.6 is 0 Å². The minimum absolute atomic E-state index is 0.271. The summed E-state index contributed by atoms with van der Waals surface area (Å²) in [4.78, 5) is 0. The Morgan fingerprint density at radius 1 is 1.11 bits per heavy atom. The molecule has 0 bridgehead atoms. The van der Waals surface area contributed by atoms with E-state index in [1.807, 2.05) is 26.8 Å². The van der Waals surface area contributed by atoms with E-state index < -0.39 is 0 Å². The summed E-state index contributed by atoms with van der Waals surface area (Å²) in [6.07, 6.45) is 0. The summed E-state index contributed by atoms with van der Waals surface area (Å²) < 4.78 is 18.9. The summed E-state index contributed by atoms with van der Waals surface area (Å²) in [5.74, 6) is 0.520. The molecule has 0 unspecified atom stereocenters. The van der Waals surface area contributed by atoms with E-state index in [-0.39, 0.29) is 12.4 Å². The Kier molecular flexibility index (Phi) is 3.74. The Bertz CT molecular complexity index is 608. The number of benzene rings is 2. The lowest BCUT2D eigenvalue weighted by atomic mass is 10.1. The third-order valence-corrected chi connectivity index (χ3v) is 3.25. The predicted octanol–water partition coefficient (Wildman–Crippen LogP) is 3.91. The molecule has 0 aliphatic carbocycles. The smallest absolute Gasteiger partial charge is 0.123 e. The van der Waals surface area contributed by atoms with Crippen LogP contribution in [0.4, 0.5) is 10.1 Å². The minimum Gasteiger partial charge on any atom is -0.489 e. The van der Waals surface area contributed by atoms with Gasteiger partial charge in [0.1, 0.15) is 18.2 Å². The molecule has 0 fully saturated rings. The number of ether oxygens (including phenoxy) is 1. The quantitative estimate of drug-likeness (QED) is 0.848. The van der Waals surface area contributed by atoms with Crippen molar-refractivity contribution in [3.63, 3.8) is 0 Å².